The van der Waals surface area contributed by atoms with Crippen LogP contribution in [0.2, 0.25) is 0 Å². The summed E-state index contributed by atoms with van der Waals surface area (Å²) in [5, 5.41) is 10.4. The van der Waals surface area contributed by atoms with E-state index in [9.17, 15) is 5.11 Å². The Hall–Kier alpha value is -0.0800. The molecule has 1 aliphatic rings. The van der Waals surface area contributed by atoms with Crippen LogP contribution >= 0.6 is 0 Å². The summed E-state index contributed by atoms with van der Waals surface area (Å²) >= 11 is 0. The highest BCUT2D eigenvalue weighted by molar-refractivity contribution is 4.88. The number of hydrogen-bond acceptors (Lipinski definition) is 2. The number of rotatable bonds is 6. The Labute approximate surface area is 101 Å². The molecule has 0 bridgehead atoms. The Bertz CT molecular complexity index is 174. The van der Waals surface area contributed by atoms with Crippen LogP contribution in [0.3, 0.4) is 0 Å². The molecule has 2 nitrogen and oxygen atoms in total. The normalized spacial score (nSPS) is 22.7. The zero-order valence-corrected chi connectivity index (χ0v) is 10.9. The van der Waals surface area contributed by atoms with Crippen LogP contribution in [0.25, 0.3) is 0 Å². The molecule has 96 valence electrons. The maximum absolute atomic E-state index is 10.4. The van der Waals surface area contributed by atoms with E-state index in [4.69, 9.17) is 5.73 Å². The van der Waals surface area contributed by atoms with Crippen LogP contribution < -0.4 is 5.73 Å². The number of nitrogens with two attached hydrogens (primary N) is 1. The molecule has 2 heteroatoms. The third kappa shape index (κ3) is 3.74. The van der Waals surface area contributed by atoms with Crippen molar-refractivity contribution >= 4 is 0 Å². The Morgan fingerprint density at radius 1 is 1.12 bits per heavy atom. The Morgan fingerprint density at radius 2 is 1.75 bits per heavy atom. The second-order valence-corrected chi connectivity index (χ2v) is 5.49. The molecule has 0 aromatic heterocycles. The van der Waals surface area contributed by atoms with Crippen LogP contribution in [0.4, 0.5) is 0 Å². The summed E-state index contributed by atoms with van der Waals surface area (Å²) in [7, 11) is 0. The van der Waals surface area contributed by atoms with Gasteiger partial charge in [0.2, 0.25) is 0 Å². The molecule has 0 amide bonds. The van der Waals surface area contributed by atoms with Gasteiger partial charge < -0.3 is 10.8 Å². The summed E-state index contributed by atoms with van der Waals surface area (Å²) in [6.45, 7) is 2.87. The van der Waals surface area contributed by atoms with Crippen molar-refractivity contribution < 1.29 is 5.11 Å². The SMILES string of the molecule is CCCCCC(O)C1(CN)CCCCCC1. The molecule has 16 heavy (non-hydrogen) atoms. The van der Waals surface area contributed by atoms with Gasteiger partial charge in [0.25, 0.3) is 0 Å². The van der Waals surface area contributed by atoms with E-state index >= 15 is 0 Å². The van der Waals surface area contributed by atoms with E-state index in [1.807, 2.05) is 0 Å². The average molecular weight is 227 g/mol. The fraction of sp³-hybridized carbons (Fsp3) is 1.00. The molecule has 1 atom stereocenters. The first-order valence-corrected chi connectivity index (χ1v) is 7.13. The van der Waals surface area contributed by atoms with Gasteiger partial charge in [0, 0.05) is 12.0 Å². The number of aliphatic hydroxyl groups is 1. The Balaban J connectivity index is 2.48. The van der Waals surface area contributed by atoms with Crippen molar-refractivity contribution in [2.24, 2.45) is 11.1 Å². The number of unbranched alkanes of at least 4 members (excludes halogenated alkanes) is 2. The van der Waals surface area contributed by atoms with Crippen LogP contribution in [0, 0.1) is 5.41 Å². The van der Waals surface area contributed by atoms with E-state index in [1.165, 1.54) is 38.5 Å². The molecule has 0 aromatic carbocycles. The summed E-state index contributed by atoms with van der Waals surface area (Å²) in [5.41, 5.74) is 6.00. The van der Waals surface area contributed by atoms with Crippen LogP contribution in [0.15, 0.2) is 0 Å². The molecular weight excluding hydrogens is 198 g/mol. The topological polar surface area (TPSA) is 46.2 Å². The lowest BCUT2D eigenvalue weighted by atomic mass is 9.74. The summed E-state index contributed by atoms with van der Waals surface area (Å²) < 4.78 is 0. The Kier molecular flexibility index (Phi) is 6.37. The van der Waals surface area contributed by atoms with Gasteiger partial charge in [0.05, 0.1) is 6.10 Å². The van der Waals surface area contributed by atoms with Gasteiger partial charge in [-0.3, -0.25) is 0 Å². The van der Waals surface area contributed by atoms with E-state index in [0.717, 1.165) is 25.7 Å². The molecular formula is C14H29NO. The van der Waals surface area contributed by atoms with Crippen molar-refractivity contribution in [1.29, 1.82) is 0 Å². The first-order chi connectivity index (χ1) is 7.75. The minimum Gasteiger partial charge on any atom is -0.393 e. The molecule has 1 aliphatic carbocycles. The summed E-state index contributed by atoms with van der Waals surface area (Å²) in [6, 6.07) is 0. The fourth-order valence-corrected chi connectivity index (χ4v) is 3.00. The van der Waals surface area contributed by atoms with Crippen molar-refractivity contribution in [3.05, 3.63) is 0 Å². The highest BCUT2D eigenvalue weighted by Crippen LogP contribution is 2.38. The van der Waals surface area contributed by atoms with Crippen LogP contribution in [-0.4, -0.2) is 17.8 Å². The predicted octanol–water partition coefficient (Wildman–Crippen LogP) is 3.23. The van der Waals surface area contributed by atoms with Gasteiger partial charge in [-0.1, -0.05) is 51.9 Å². The lowest BCUT2D eigenvalue weighted by Gasteiger charge is -2.36. The fourth-order valence-electron chi connectivity index (χ4n) is 3.00. The van der Waals surface area contributed by atoms with E-state index in [0.29, 0.717) is 6.54 Å². The molecule has 0 aliphatic heterocycles. The molecule has 3 N–H and O–H groups in total. The molecule has 1 saturated carbocycles. The highest BCUT2D eigenvalue weighted by atomic mass is 16.3. The monoisotopic (exact) mass is 227 g/mol. The lowest BCUT2D eigenvalue weighted by Crippen LogP contribution is -2.41. The Morgan fingerprint density at radius 3 is 2.25 bits per heavy atom. The van der Waals surface area contributed by atoms with Gasteiger partial charge in [-0.2, -0.15) is 0 Å². The molecule has 0 aromatic rings. The van der Waals surface area contributed by atoms with Gasteiger partial charge in [0.15, 0.2) is 0 Å². The molecule has 0 spiro atoms. The maximum Gasteiger partial charge on any atom is 0.0608 e. The van der Waals surface area contributed by atoms with Crippen molar-refractivity contribution in [3.8, 4) is 0 Å². The molecule has 0 radical (unpaired) electrons. The second kappa shape index (κ2) is 7.29. The van der Waals surface area contributed by atoms with Crippen molar-refractivity contribution in [2.75, 3.05) is 6.54 Å². The maximum atomic E-state index is 10.4. The van der Waals surface area contributed by atoms with Gasteiger partial charge in [-0.05, 0) is 19.3 Å². The van der Waals surface area contributed by atoms with Gasteiger partial charge in [-0.25, -0.2) is 0 Å². The van der Waals surface area contributed by atoms with Crippen molar-refractivity contribution in [2.45, 2.75) is 77.2 Å². The molecule has 1 rings (SSSR count). The lowest BCUT2D eigenvalue weighted by molar-refractivity contribution is 0.0106. The third-order valence-corrected chi connectivity index (χ3v) is 4.29. The van der Waals surface area contributed by atoms with E-state index < -0.39 is 0 Å². The quantitative estimate of drug-likeness (QED) is 0.540. The van der Waals surface area contributed by atoms with E-state index in [1.54, 1.807) is 0 Å². The van der Waals surface area contributed by atoms with Crippen LogP contribution in [-0.2, 0) is 0 Å². The van der Waals surface area contributed by atoms with E-state index in [-0.39, 0.29) is 11.5 Å². The molecule has 0 saturated heterocycles. The van der Waals surface area contributed by atoms with Gasteiger partial charge >= 0.3 is 0 Å². The van der Waals surface area contributed by atoms with Gasteiger partial charge in [0.1, 0.15) is 0 Å². The number of hydrogen-bond donors (Lipinski definition) is 2. The minimum atomic E-state index is -0.165. The second-order valence-electron chi connectivity index (χ2n) is 5.49. The zero-order chi connectivity index (χ0) is 11.9. The van der Waals surface area contributed by atoms with Crippen LogP contribution in [0.1, 0.15) is 71.1 Å². The van der Waals surface area contributed by atoms with Crippen LogP contribution in [0.5, 0.6) is 0 Å². The average Bonchev–Trinajstić information content (AvgIpc) is 2.55. The zero-order valence-electron chi connectivity index (χ0n) is 10.9. The first-order valence-electron chi connectivity index (χ1n) is 7.13. The molecule has 1 unspecified atom stereocenters. The van der Waals surface area contributed by atoms with Crippen molar-refractivity contribution in [3.63, 3.8) is 0 Å². The van der Waals surface area contributed by atoms with Gasteiger partial charge in [-0.15, -0.1) is 0 Å². The largest absolute Gasteiger partial charge is 0.393 e. The number of aliphatic hydroxyl groups excluding tert-OH is 1. The summed E-state index contributed by atoms with van der Waals surface area (Å²) in [5.74, 6) is 0. The summed E-state index contributed by atoms with van der Waals surface area (Å²) in [6.07, 6.45) is 11.8. The molecule has 1 fully saturated rings. The highest BCUT2D eigenvalue weighted by Gasteiger charge is 2.36. The predicted molar refractivity (Wildman–Crippen MR) is 69.3 cm³/mol. The first kappa shape index (κ1) is 14.0. The van der Waals surface area contributed by atoms with E-state index in [2.05, 4.69) is 6.92 Å². The minimum absolute atomic E-state index is 0.0459. The smallest absolute Gasteiger partial charge is 0.0608 e. The standard InChI is InChI=1S/C14H29NO/c1-2-3-6-9-13(16)14(12-15)10-7-4-5-8-11-14/h13,16H,2-12,15H2,1H3. The third-order valence-electron chi connectivity index (χ3n) is 4.29. The molecule has 0 heterocycles. The summed E-state index contributed by atoms with van der Waals surface area (Å²) in [4.78, 5) is 0. The van der Waals surface area contributed by atoms with Crippen molar-refractivity contribution in [1.82, 2.24) is 0 Å².